The monoisotopic (exact) mass is 399 g/mol. The zero-order chi connectivity index (χ0) is 20.8. The zero-order valence-corrected chi connectivity index (χ0v) is 17.5. The standard InChI is InChI=1S/C23H30FN3O2/c1-17-4-6-19(7-5-17)15-25-23(28)18(2)27-12-10-26(11-13-27)16-20-8-9-22(29-3)21(24)14-20/h4-9,14,18H,10-13,15-16H2,1-3H3,(H,25,28)/t18-/m1/s1. The summed E-state index contributed by atoms with van der Waals surface area (Å²) in [5.74, 6) is -0.0113. The van der Waals surface area contributed by atoms with E-state index in [-0.39, 0.29) is 23.5 Å². The molecule has 1 heterocycles. The van der Waals surface area contributed by atoms with Crippen molar-refractivity contribution in [1.82, 2.24) is 15.1 Å². The first-order chi connectivity index (χ1) is 14.0. The minimum absolute atomic E-state index is 0.0521. The summed E-state index contributed by atoms with van der Waals surface area (Å²) in [6, 6.07) is 13.1. The van der Waals surface area contributed by atoms with Crippen LogP contribution < -0.4 is 10.1 Å². The number of amides is 1. The Kier molecular flexibility index (Phi) is 7.23. The maximum absolute atomic E-state index is 13.9. The maximum Gasteiger partial charge on any atom is 0.237 e. The quantitative estimate of drug-likeness (QED) is 0.778. The van der Waals surface area contributed by atoms with E-state index in [1.807, 2.05) is 25.1 Å². The molecule has 156 valence electrons. The van der Waals surface area contributed by atoms with Crippen molar-refractivity contribution >= 4 is 5.91 Å². The normalized spacial score (nSPS) is 16.4. The fourth-order valence-electron chi connectivity index (χ4n) is 3.58. The molecule has 1 atom stereocenters. The molecule has 1 N–H and O–H groups in total. The molecule has 1 aliphatic rings. The van der Waals surface area contributed by atoms with Crippen molar-refractivity contribution in [1.29, 1.82) is 0 Å². The van der Waals surface area contributed by atoms with Crippen LogP contribution in [-0.4, -0.2) is 55.0 Å². The molecular weight excluding hydrogens is 369 g/mol. The highest BCUT2D eigenvalue weighted by atomic mass is 19.1. The number of nitrogens with zero attached hydrogens (tertiary/aromatic N) is 2. The van der Waals surface area contributed by atoms with Crippen molar-refractivity contribution < 1.29 is 13.9 Å². The zero-order valence-electron chi connectivity index (χ0n) is 17.5. The first-order valence-corrected chi connectivity index (χ1v) is 10.1. The van der Waals surface area contributed by atoms with Crippen LogP contribution in [0.2, 0.25) is 0 Å². The molecule has 1 amide bonds. The Morgan fingerprint density at radius 2 is 1.76 bits per heavy atom. The number of halogens is 1. The van der Waals surface area contributed by atoms with E-state index in [4.69, 9.17) is 4.74 Å². The molecule has 1 fully saturated rings. The highest BCUT2D eigenvalue weighted by Gasteiger charge is 2.25. The fourth-order valence-corrected chi connectivity index (χ4v) is 3.58. The number of hydrogen-bond acceptors (Lipinski definition) is 4. The average Bonchev–Trinajstić information content (AvgIpc) is 2.73. The summed E-state index contributed by atoms with van der Waals surface area (Å²) >= 11 is 0. The van der Waals surface area contributed by atoms with Gasteiger partial charge in [0.15, 0.2) is 11.6 Å². The van der Waals surface area contributed by atoms with Crippen LogP contribution in [0.1, 0.15) is 23.6 Å². The summed E-state index contributed by atoms with van der Waals surface area (Å²) in [6.07, 6.45) is 0. The van der Waals surface area contributed by atoms with Crippen molar-refractivity contribution in [3.63, 3.8) is 0 Å². The third kappa shape index (κ3) is 5.78. The lowest BCUT2D eigenvalue weighted by atomic mass is 10.1. The molecule has 0 spiro atoms. The summed E-state index contributed by atoms with van der Waals surface area (Å²) in [6.45, 7) is 8.59. The largest absolute Gasteiger partial charge is 0.494 e. The van der Waals surface area contributed by atoms with Gasteiger partial charge in [-0.2, -0.15) is 0 Å². The van der Waals surface area contributed by atoms with Gasteiger partial charge in [-0.3, -0.25) is 14.6 Å². The average molecular weight is 400 g/mol. The van der Waals surface area contributed by atoms with Gasteiger partial charge < -0.3 is 10.1 Å². The van der Waals surface area contributed by atoms with Crippen molar-refractivity contribution in [3.05, 3.63) is 65.0 Å². The molecule has 0 saturated carbocycles. The van der Waals surface area contributed by atoms with E-state index >= 15 is 0 Å². The molecule has 0 aliphatic carbocycles. The Bertz CT molecular complexity index is 817. The Labute approximate surface area is 172 Å². The number of nitrogens with one attached hydrogen (secondary N) is 1. The summed E-state index contributed by atoms with van der Waals surface area (Å²) in [5.41, 5.74) is 3.25. The van der Waals surface area contributed by atoms with Crippen molar-refractivity contribution in [2.75, 3.05) is 33.3 Å². The van der Waals surface area contributed by atoms with Gasteiger partial charge in [0.05, 0.1) is 13.2 Å². The highest BCUT2D eigenvalue weighted by molar-refractivity contribution is 5.81. The molecule has 29 heavy (non-hydrogen) atoms. The number of ether oxygens (including phenoxy) is 1. The van der Waals surface area contributed by atoms with Crippen LogP contribution in [0.15, 0.2) is 42.5 Å². The molecule has 0 bridgehead atoms. The third-order valence-corrected chi connectivity index (χ3v) is 5.54. The number of hydrogen-bond donors (Lipinski definition) is 1. The lowest BCUT2D eigenvalue weighted by Crippen LogP contribution is -2.53. The summed E-state index contributed by atoms with van der Waals surface area (Å²) in [5, 5.41) is 3.04. The van der Waals surface area contributed by atoms with Crippen LogP contribution in [0.4, 0.5) is 4.39 Å². The second kappa shape index (κ2) is 9.85. The molecule has 2 aromatic carbocycles. The smallest absolute Gasteiger partial charge is 0.237 e. The van der Waals surface area contributed by atoms with Gasteiger partial charge in [-0.25, -0.2) is 4.39 Å². The number of carbonyl (C=O) groups is 1. The molecule has 5 nitrogen and oxygen atoms in total. The van der Waals surface area contributed by atoms with E-state index in [1.54, 1.807) is 6.07 Å². The first kappa shape index (κ1) is 21.3. The molecule has 0 unspecified atom stereocenters. The minimum Gasteiger partial charge on any atom is -0.494 e. The van der Waals surface area contributed by atoms with Gasteiger partial charge in [0.2, 0.25) is 5.91 Å². The number of rotatable bonds is 7. The lowest BCUT2D eigenvalue weighted by Gasteiger charge is -2.37. The lowest BCUT2D eigenvalue weighted by molar-refractivity contribution is -0.126. The summed E-state index contributed by atoms with van der Waals surface area (Å²) < 4.78 is 18.9. The van der Waals surface area contributed by atoms with Crippen LogP contribution in [-0.2, 0) is 17.9 Å². The second-order valence-electron chi connectivity index (χ2n) is 7.66. The van der Waals surface area contributed by atoms with Gasteiger partial charge in [-0.1, -0.05) is 35.9 Å². The third-order valence-electron chi connectivity index (χ3n) is 5.54. The van der Waals surface area contributed by atoms with Gasteiger partial charge in [0.25, 0.3) is 0 Å². The van der Waals surface area contributed by atoms with E-state index in [9.17, 15) is 9.18 Å². The highest BCUT2D eigenvalue weighted by Crippen LogP contribution is 2.19. The fraction of sp³-hybridized carbons (Fsp3) is 0.435. The van der Waals surface area contributed by atoms with Crippen LogP contribution in [0.25, 0.3) is 0 Å². The van der Waals surface area contributed by atoms with Gasteiger partial charge in [-0.05, 0) is 37.1 Å². The molecule has 6 heteroatoms. The Hall–Kier alpha value is -2.44. The van der Waals surface area contributed by atoms with E-state index in [0.29, 0.717) is 13.1 Å². The van der Waals surface area contributed by atoms with E-state index < -0.39 is 0 Å². The predicted molar refractivity (Wildman–Crippen MR) is 112 cm³/mol. The topological polar surface area (TPSA) is 44.8 Å². The van der Waals surface area contributed by atoms with Crippen molar-refractivity contribution in [3.8, 4) is 5.75 Å². The molecule has 0 radical (unpaired) electrons. The van der Waals surface area contributed by atoms with Crippen LogP contribution in [0, 0.1) is 12.7 Å². The summed E-state index contributed by atoms with van der Waals surface area (Å²) in [7, 11) is 1.47. The molecule has 1 aliphatic heterocycles. The molecule has 2 aromatic rings. The number of piperazine rings is 1. The predicted octanol–water partition coefficient (Wildman–Crippen LogP) is 2.97. The Balaban J connectivity index is 1.44. The second-order valence-corrected chi connectivity index (χ2v) is 7.66. The SMILES string of the molecule is COc1ccc(CN2CCN([C@H](C)C(=O)NCc3ccc(C)cc3)CC2)cc1F. The van der Waals surface area contributed by atoms with Crippen LogP contribution >= 0.6 is 0 Å². The van der Waals surface area contributed by atoms with Gasteiger partial charge in [0.1, 0.15) is 0 Å². The van der Waals surface area contributed by atoms with Crippen LogP contribution in [0.5, 0.6) is 5.75 Å². The minimum atomic E-state index is -0.331. The summed E-state index contributed by atoms with van der Waals surface area (Å²) in [4.78, 5) is 17.0. The number of methoxy groups -OCH3 is 1. The number of benzene rings is 2. The number of carbonyl (C=O) groups excluding carboxylic acids is 1. The van der Waals surface area contributed by atoms with Gasteiger partial charge in [0, 0.05) is 39.3 Å². The van der Waals surface area contributed by atoms with Crippen LogP contribution in [0.3, 0.4) is 0 Å². The first-order valence-electron chi connectivity index (χ1n) is 10.1. The van der Waals surface area contributed by atoms with E-state index in [1.165, 1.54) is 18.7 Å². The molecule has 0 aromatic heterocycles. The Morgan fingerprint density at radius 3 is 2.38 bits per heavy atom. The van der Waals surface area contributed by atoms with E-state index in [0.717, 1.165) is 37.3 Å². The van der Waals surface area contributed by atoms with E-state index in [2.05, 4.69) is 34.2 Å². The van der Waals surface area contributed by atoms with Gasteiger partial charge in [-0.15, -0.1) is 0 Å². The number of aryl methyl sites for hydroxylation is 1. The molecular formula is C23H30FN3O2. The Morgan fingerprint density at radius 1 is 1.10 bits per heavy atom. The van der Waals surface area contributed by atoms with Crippen molar-refractivity contribution in [2.24, 2.45) is 0 Å². The molecule has 3 rings (SSSR count). The van der Waals surface area contributed by atoms with Crippen molar-refractivity contribution in [2.45, 2.75) is 33.0 Å². The molecule has 1 saturated heterocycles. The maximum atomic E-state index is 13.9. The van der Waals surface area contributed by atoms with Gasteiger partial charge >= 0.3 is 0 Å².